The van der Waals surface area contributed by atoms with Gasteiger partial charge in [0.2, 0.25) is 5.82 Å². The van der Waals surface area contributed by atoms with Crippen molar-refractivity contribution in [3.8, 4) is 0 Å². The molecule has 0 bridgehead atoms. The first-order valence-electron chi connectivity index (χ1n) is 8.10. The SMILES string of the molecule is Cc1cc(F)ccc1CC(CNC(=O)c1nn(C)c(=O)[nH]1)C1CC1. The Hall–Kier alpha value is -2.44. The largest absolute Gasteiger partial charge is 0.349 e. The van der Waals surface area contributed by atoms with Crippen LogP contribution in [0.2, 0.25) is 0 Å². The summed E-state index contributed by atoms with van der Waals surface area (Å²) in [6.45, 7) is 2.42. The molecule has 0 aliphatic heterocycles. The second-order valence-electron chi connectivity index (χ2n) is 6.48. The Morgan fingerprint density at radius 3 is 2.83 bits per heavy atom. The van der Waals surface area contributed by atoms with Crippen molar-refractivity contribution >= 4 is 5.91 Å². The number of aryl methyl sites for hydroxylation is 2. The van der Waals surface area contributed by atoms with Crippen LogP contribution in [0.1, 0.15) is 34.6 Å². The van der Waals surface area contributed by atoms with Crippen LogP contribution in [0, 0.1) is 24.6 Å². The topological polar surface area (TPSA) is 79.8 Å². The molecule has 7 heteroatoms. The van der Waals surface area contributed by atoms with Crippen LogP contribution in [0.3, 0.4) is 0 Å². The molecule has 1 aromatic heterocycles. The molecule has 3 rings (SSSR count). The molecular weight excluding hydrogens is 311 g/mol. The van der Waals surface area contributed by atoms with Crippen molar-refractivity contribution in [1.82, 2.24) is 20.1 Å². The lowest BCUT2D eigenvalue weighted by Crippen LogP contribution is -2.32. The minimum absolute atomic E-state index is 0.0232. The number of halogens is 1. The minimum atomic E-state index is -0.416. The molecule has 1 atom stereocenters. The van der Waals surface area contributed by atoms with Gasteiger partial charge in [-0.25, -0.2) is 13.9 Å². The number of carbonyl (C=O) groups excluding carboxylic acids is 1. The second kappa shape index (κ2) is 6.59. The van der Waals surface area contributed by atoms with Gasteiger partial charge in [-0.1, -0.05) is 6.07 Å². The summed E-state index contributed by atoms with van der Waals surface area (Å²) in [6.07, 6.45) is 3.11. The number of nitrogens with one attached hydrogen (secondary N) is 2. The monoisotopic (exact) mass is 332 g/mol. The first-order chi connectivity index (χ1) is 11.4. The smallest absolute Gasteiger partial charge is 0.343 e. The van der Waals surface area contributed by atoms with Gasteiger partial charge >= 0.3 is 5.69 Å². The van der Waals surface area contributed by atoms with E-state index in [0.717, 1.165) is 35.1 Å². The van der Waals surface area contributed by atoms with E-state index in [-0.39, 0.29) is 17.5 Å². The molecule has 0 spiro atoms. The maximum absolute atomic E-state index is 13.2. The van der Waals surface area contributed by atoms with Gasteiger partial charge in [0, 0.05) is 13.6 Å². The number of hydrogen-bond acceptors (Lipinski definition) is 3. The Morgan fingerprint density at radius 2 is 2.25 bits per heavy atom. The van der Waals surface area contributed by atoms with E-state index in [1.54, 1.807) is 0 Å². The Bertz CT molecular complexity index is 807. The summed E-state index contributed by atoms with van der Waals surface area (Å²) >= 11 is 0. The fourth-order valence-electron chi connectivity index (χ4n) is 2.96. The number of benzene rings is 1. The van der Waals surface area contributed by atoms with Gasteiger partial charge in [0.05, 0.1) is 0 Å². The zero-order chi connectivity index (χ0) is 17.3. The van der Waals surface area contributed by atoms with Gasteiger partial charge in [-0.2, -0.15) is 0 Å². The molecule has 128 valence electrons. The van der Waals surface area contributed by atoms with E-state index < -0.39 is 5.69 Å². The highest BCUT2D eigenvalue weighted by atomic mass is 19.1. The van der Waals surface area contributed by atoms with Crippen LogP contribution in [0.5, 0.6) is 0 Å². The molecule has 1 aliphatic carbocycles. The van der Waals surface area contributed by atoms with E-state index in [2.05, 4.69) is 15.4 Å². The van der Waals surface area contributed by atoms with E-state index in [9.17, 15) is 14.0 Å². The van der Waals surface area contributed by atoms with Crippen molar-refractivity contribution < 1.29 is 9.18 Å². The Balaban J connectivity index is 1.64. The first-order valence-corrected chi connectivity index (χ1v) is 8.10. The van der Waals surface area contributed by atoms with E-state index in [1.165, 1.54) is 19.2 Å². The number of aromatic amines is 1. The third-order valence-corrected chi connectivity index (χ3v) is 4.58. The predicted molar refractivity (Wildman–Crippen MR) is 87.2 cm³/mol. The molecule has 0 saturated heterocycles. The molecule has 1 saturated carbocycles. The Morgan fingerprint density at radius 1 is 1.50 bits per heavy atom. The van der Waals surface area contributed by atoms with E-state index in [4.69, 9.17) is 0 Å². The zero-order valence-electron chi connectivity index (χ0n) is 13.8. The normalized spacial score (nSPS) is 15.3. The predicted octanol–water partition coefficient (Wildman–Crippen LogP) is 1.55. The lowest BCUT2D eigenvalue weighted by atomic mass is 9.92. The van der Waals surface area contributed by atoms with Gasteiger partial charge in [-0.15, -0.1) is 5.10 Å². The molecule has 1 aliphatic rings. The molecule has 0 radical (unpaired) electrons. The molecule has 2 N–H and O–H groups in total. The Labute approximate surface area is 139 Å². The Kier molecular flexibility index (Phi) is 4.51. The van der Waals surface area contributed by atoms with Crippen LogP contribution < -0.4 is 11.0 Å². The highest BCUT2D eigenvalue weighted by Gasteiger charge is 2.32. The maximum atomic E-state index is 13.2. The fourth-order valence-corrected chi connectivity index (χ4v) is 2.96. The summed E-state index contributed by atoms with van der Waals surface area (Å²) in [7, 11) is 1.49. The molecule has 1 amide bonds. The molecular formula is C17H21FN4O2. The number of hydrogen-bond donors (Lipinski definition) is 2. The third kappa shape index (κ3) is 3.72. The van der Waals surface area contributed by atoms with Crippen LogP contribution in [-0.2, 0) is 13.5 Å². The number of rotatable bonds is 6. The van der Waals surface area contributed by atoms with Gasteiger partial charge in [0.15, 0.2) is 0 Å². The number of H-pyrrole nitrogens is 1. The summed E-state index contributed by atoms with van der Waals surface area (Å²) < 4.78 is 14.3. The summed E-state index contributed by atoms with van der Waals surface area (Å²) in [5.41, 5.74) is 1.62. The highest BCUT2D eigenvalue weighted by Crippen LogP contribution is 2.38. The summed E-state index contributed by atoms with van der Waals surface area (Å²) in [4.78, 5) is 25.9. The maximum Gasteiger partial charge on any atom is 0.343 e. The average molecular weight is 332 g/mol. The van der Waals surface area contributed by atoms with Gasteiger partial charge < -0.3 is 5.32 Å². The van der Waals surface area contributed by atoms with Crippen LogP contribution in [0.15, 0.2) is 23.0 Å². The average Bonchev–Trinajstić information content (AvgIpc) is 3.31. The molecule has 2 aromatic rings. The van der Waals surface area contributed by atoms with Crippen molar-refractivity contribution in [2.24, 2.45) is 18.9 Å². The van der Waals surface area contributed by atoms with Gasteiger partial charge in [-0.3, -0.25) is 9.78 Å². The standard InChI is InChI=1S/C17H21FN4O2/c1-10-7-14(18)6-5-12(10)8-13(11-3-4-11)9-19-16(23)15-20-17(24)22(2)21-15/h5-7,11,13H,3-4,8-9H2,1-2H3,(H,19,23)(H,20,21,24). The number of nitrogens with zero attached hydrogens (tertiary/aromatic N) is 2. The van der Waals surface area contributed by atoms with Crippen molar-refractivity contribution in [2.75, 3.05) is 6.54 Å². The van der Waals surface area contributed by atoms with Crippen LogP contribution in [-0.4, -0.2) is 27.2 Å². The van der Waals surface area contributed by atoms with Crippen molar-refractivity contribution in [1.29, 1.82) is 0 Å². The minimum Gasteiger partial charge on any atom is -0.349 e. The molecule has 1 fully saturated rings. The molecule has 1 heterocycles. The van der Waals surface area contributed by atoms with Gasteiger partial charge in [0.25, 0.3) is 5.91 Å². The number of aromatic nitrogens is 3. The second-order valence-corrected chi connectivity index (χ2v) is 6.48. The number of amides is 1. The van der Waals surface area contributed by atoms with Crippen molar-refractivity contribution in [3.05, 3.63) is 51.5 Å². The molecule has 24 heavy (non-hydrogen) atoms. The third-order valence-electron chi connectivity index (χ3n) is 4.58. The fraction of sp³-hybridized carbons (Fsp3) is 0.471. The van der Waals surface area contributed by atoms with E-state index in [0.29, 0.717) is 18.4 Å². The summed E-state index contributed by atoms with van der Waals surface area (Å²) in [5, 5.41) is 6.70. The molecule has 6 nitrogen and oxygen atoms in total. The van der Waals surface area contributed by atoms with Gasteiger partial charge in [0.1, 0.15) is 5.82 Å². The lowest BCUT2D eigenvalue weighted by molar-refractivity contribution is 0.0934. The first kappa shape index (κ1) is 16.4. The van der Waals surface area contributed by atoms with Crippen LogP contribution in [0.25, 0.3) is 0 Å². The summed E-state index contributed by atoms with van der Waals surface area (Å²) in [5.74, 6) is 0.293. The van der Waals surface area contributed by atoms with Crippen molar-refractivity contribution in [2.45, 2.75) is 26.2 Å². The van der Waals surface area contributed by atoms with E-state index >= 15 is 0 Å². The highest BCUT2D eigenvalue weighted by molar-refractivity contribution is 5.90. The van der Waals surface area contributed by atoms with Crippen LogP contribution in [0.4, 0.5) is 4.39 Å². The van der Waals surface area contributed by atoms with Gasteiger partial charge in [-0.05, 0) is 61.3 Å². The lowest BCUT2D eigenvalue weighted by Gasteiger charge is -2.18. The quantitative estimate of drug-likeness (QED) is 0.842. The molecule has 1 unspecified atom stereocenters. The van der Waals surface area contributed by atoms with E-state index in [1.807, 2.05) is 13.0 Å². The number of carbonyl (C=O) groups is 1. The van der Waals surface area contributed by atoms with Crippen LogP contribution >= 0.6 is 0 Å². The zero-order valence-corrected chi connectivity index (χ0v) is 13.8. The van der Waals surface area contributed by atoms with Crippen molar-refractivity contribution in [3.63, 3.8) is 0 Å². The molecule has 1 aromatic carbocycles. The summed E-state index contributed by atoms with van der Waals surface area (Å²) in [6, 6.07) is 4.83.